The van der Waals surface area contributed by atoms with Gasteiger partial charge in [0.25, 0.3) is 0 Å². The first kappa shape index (κ1) is 20.0. The van der Waals surface area contributed by atoms with Crippen LogP contribution in [-0.2, 0) is 4.74 Å². The zero-order valence-electron chi connectivity index (χ0n) is 15.5. The SMILES string of the molecule is CCCCCCCCCCCCCCCCN(C)CC1CO1. The van der Waals surface area contributed by atoms with Crippen LogP contribution in [0.5, 0.6) is 0 Å². The highest BCUT2D eigenvalue weighted by molar-refractivity contribution is 4.72. The molecular formula is C20H41NO. The fourth-order valence-corrected chi connectivity index (χ4v) is 3.19. The standard InChI is InChI=1S/C20H41NO/c1-3-4-5-6-7-8-9-10-11-12-13-14-15-16-17-21(2)18-20-19-22-20/h20H,3-19H2,1-2H3. The molecule has 1 fully saturated rings. The number of hydrogen-bond acceptors (Lipinski definition) is 2. The van der Waals surface area contributed by atoms with E-state index in [1.165, 1.54) is 96.4 Å². The van der Waals surface area contributed by atoms with Gasteiger partial charge in [0, 0.05) is 6.54 Å². The Morgan fingerprint density at radius 1 is 0.727 bits per heavy atom. The van der Waals surface area contributed by atoms with Crippen molar-refractivity contribution in [2.24, 2.45) is 0 Å². The molecule has 0 aromatic rings. The maximum Gasteiger partial charge on any atom is 0.0936 e. The Kier molecular flexibility index (Phi) is 13.2. The van der Waals surface area contributed by atoms with Crippen molar-refractivity contribution >= 4 is 0 Å². The highest BCUT2D eigenvalue weighted by Crippen LogP contribution is 2.13. The molecule has 2 nitrogen and oxygen atoms in total. The van der Waals surface area contributed by atoms with Gasteiger partial charge in [-0.3, -0.25) is 0 Å². The van der Waals surface area contributed by atoms with Gasteiger partial charge in [-0.25, -0.2) is 0 Å². The normalized spacial score (nSPS) is 17.3. The van der Waals surface area contributed by atoms with Crippen molar-refractivity contribution in [3.8, 4) is 0 Å². The molecule has 0 spiro atoms. The maximum atomic E-state index is 5.26. The topological polar surface area (TPSA) is 15.8 Å². The van der Waals surface area contributed by atoms with Crippen molar-refractivity contribution in [2.45, 2.75) is 103 Å². The lowest BCUT2D eigenvalue weighted by Crippen LogP contribution is -2.24. The minimum Gasteiger partial charge on any atom is -0.372 e. The highest BCUT2D eigenvalue weighted by Gasteiger charge is 2.23. The zero-order valence-corrected chi connectivity index (χ0v) is 15.5. The molecule has 1 aliphatic heterocycles. The van der Waals surface area contributed by atoms with Gasteiger partial charge in [0.1, 0.15) is 0 Å². The Labute approximate surface area is 140 Å². The third-order valence-corrected chi connectivity index (χ3v) is 4.81. The molecule has 1 heterocycles. The minimum atomic E-state index is 0.552. The fourth-order valence-electron chi connectivity index (χ4n) is 3.19. The second kappa shape index (κ2) is 14.5. The van der Waals surface area contributed by atoms with E-state index in [9.17, 15) is 0 Å². The van der Waals surface area contributed by atoms with Crippen molar-refractivity contribution in [1.29, 1.82) is 0 Å². The van der Waals surface area contributed by atoms with Gasteiger partial charge < -0.3 is 9.64 Å². The summed E-state index contributed by atoms with van der Waals surface area (Å²) in [6.07, 6.45) is 20.7. The molecule has 0 aromatic heterocycles. The summed E-state index contributed by atoms with van der Waals surface area (Å²) >= 11 is 0. The average molecular weight is 312 g/mol. The third-order valence-electron chi connectivity index (χ3n) is 4.81. The Balaban J connectivity index is 1.66. The Bertz CT molecular complexity index is 228. The number of unbranched alkanes of at least 4 members (excludes halogenated alkanes) is 13. The number of hydrogen-bond donors (Lipinski definition) is 0. The molecule has 1 unspecified atom stereocenters. The van der Waals surface area contributed by atoms with Crippen molar-refractivity contribution < 1.29 is 4.74 Å². The average Bonchev–Trinajstić information content (AvgIpc) is 3.31. The van der Waals surface area contributed by atoms with Crippen molar-refractivity contribution in [3.05, 3.63) is 0 Å². The lowest BCUT2D eigenvalue weighted by Gasteiger charge is -2.14. The molecule has 0 aromatic carbocycles. The summed E-state index contributed by atoms with van der Waals surface area (Å²) in [6, 6.07) is 0. The van der Waals surface area contributed by atoms with Crippen LogP contribution < -0.4 is 0 Å². The predicted octanol–water partition coefficient (Wildman–Crippen LogP) is 5.80. The van der Waals surface area contributed by atoms with E-state index in [0.29, 0.717) is 6.10 Å². The molecule has 1 aliphatic rings. The first-order valence-electron chi connectivity index (χ1n) is 10.1. The largest absolute Gasteiger partial charge is 0.372 e. The molecule has 1 rings (SSSR count). The van der Waals surface area contributed by atoms with Gasteiger partial charge >= 0.3 is 0 Å². The van der Waals surface area contributed by atoms with E-state index in [1.807, 2.05) is 0 Å². The summed E-state index contributed by atoms with van der Waals surface area (Å²) < 4.78 is 5.26. The first-order valence-corrected chi connectivity index (χ1v) is 10.1. The Morgan fingerprint density at radius 3 is 1.55 bits per heavy atom. The summed E-state index contributed by atoms with van der Waals surface area (Å²) in [4.78, 5) is 2.43. The Hall–Kier alpha value is -0.0800. The first-order chi connectivity index (χ1) is 10.8. The summed E-state index contributed by atoms with van der Waals surface area (Å²) in [6.45, 7) is 5.67. The van der Waals surface area contributed by atoms with Gasteiger partial charge in [0.05, 0.1) is 12.7 Å². The molecule has 1 atom stereocenters. The lowest BCUT2D eigenvalue weighted by atomic mass is 10.0. The quantitative estimate of drug-likeness (QED) is 0.249. The number of ether oxygens (including phenoxy) is 1. The molecule has 0 radical (unpaired) electrons. The van der Waals surface area contributed by atoms with E-state index in [1.54, 1.807) is 0 Å². The van der Waals surface area contributed by atoms with Gasteiger partial charge in [-0.15, -0.1) is 0 Å². The molecule has 0 bridgehead atoms. The number of rotatable bonds is 17. The highest BCUT2D eigenvalue weighted by atomic mass is 16.6. The maximum absolute atomic E-state index is 5.26. The number of likely N-dealkylation sites (N-methyl/N-ethyl adjacent to an activating group) is 1. The van der Waals surface area contributed by atoms with Crippen LogP contribution in [0.3, 0.4) is 0 Å². The lowest BCUT2D eigenvalue weighted by molar-refractivity contribution is 0.278. The van der Waals surface area contributed by atoms with Crippen molar-refractivity contribution in [2.75, 3.05) is 26.7 Å². The predicted molar refractivity (Wildman–Crippen MR) is 97.5 cm³/mol. The second-order valence-electron chi connectivity index (χ2n) is 7.31. The van der Waals surface area contributed by atoms with Gasteiger partial charge in [-0.05, 0) is 20.0 Å². The molecule has 2 heteroatoms. The van der Waals surface area contributed by atoms with Crippen LogP contribution in [0.25, 0.3) is 0 Å². The molecule has 0 saturated carbocycles. The summed E-state index contributed by atoms with van der Waals surface area (Å²) in [5.74, 6) is 0. The molecule has 132 valence electrons. The van der Waals surface area contributed by atoms with E-state index in [0.717, 1.165) is 13.2 Å². The molecule has 0 amide bonds. The zero-order chi connectivity index (χ0) is 15.9. The molecule has 1 saturated heterocycles. The van der Waals surface area contributed by atoms with Gasteiger partial charge in [0.15, 0.2) is 0 Å². The fraction of sp³-hybridized carbons (Fsp3) is 1.00. The molecule has 0 N–H and O–H groups in total. The van der Waals surface area contributed by atoms with E-state index in [-0.39, 0.29) is 0 Å². The van der Waals surface area contributed by atoms with Crippen LogP contribution in [0, 0.1) is 0 Å². The Morgan fingerprint density at radius 2 is 1.14 bits per heavy atom. The second-order valence-corrected chi connectivity index (χ2v) is 7.31. The van der Waals surface area contributed by atoms with Gasteiger partial charge in [-0.2, -0.15) is 0 Å². The van der Waals surface area contributed by atoms with Crippen LogP contribution in [0.1, 0.15) is 96.8 Å². The third kappa shape index (κ3) is 13.6. The number of epoxide rings is 1. The van der Waals surface area contributed by atoms with Gasteiger partial charge in [0.2, 0.25) is 0 Å². The number of nitrogens with zero attached hydrogens (tertiary/aromatic N) is 1. The van der Waals surface area contributed by atoms with Crippen LogP contribution in [0.2, 0.25) is 0 Å². The smallest absolute Gasteiger partial charge is 0.0936 e. The van der Waals surface area contributed by atoms with Crippen LogP contribution in [-0.4, -0.2) is 37.7 Å². The monoisotopic (exact) mass is 311 g/mol. The molecule has 22 heavy (non-hydrogen) atoms. The minimum absolute atomic E-state index is 0.552. The van der Waals surface area contributed by atoms with E-state index in [4.69, 9.17) is 4.74 Å². The van der Waals surface area contributed by atoms with Crippen LogP contribution in [0.4, 0.5) is 0 Å². The summed E-state index contributed by atoms with van der Waals surface area (Å²) in [7, 11) is 2.23. The van der Waals surface area contributed by atoms with Gasteiger partial charge in [-0.1, -0.05) is 90.4 Å². The summed E-state index contributed by atoms with van der Waals surface area (Å²) in [5, 5.41) is 0. The van der Waals surface area contributed by atoms with Crippen LogP contribution in [0.15, 0.2) is 0 Å². The van der Waals surface area contributed by atoms with E-state index >= 15 is 0 Å². The summed E-state index contributed by atoms with van der Waals surface area (Å²) in [5.41, 5.74) is 0. The van der Waals surface area contributed by atoms with E-state index < -0.39 is 0 Å². The molecule has 0 aliphatic carbocycles. The van der Waals surface area contributed by atoms with Crippen molar-refractivity contribution in [1.82, 2.24) is 4.90 Å². The molecular weight excluding hydrogens is 270 g/mol. The van der Waals surface area contributed by atoms with Crippen LogP contribution >= 0.6 is 0 Å². The van der Waals surface area contributed by atoms with Crippen molar-refractivity contribution in [3.63, 3.8) is 0 Å². The van der Waals surface area contributed by atoms with E-state index in [2.05, 4.69) is 18.9 Å².